The zero-order valence-corrected chi connectivity index (χ0v) is 11.4. The van der Waals surface area contributed by atoms with Crippen molar-refractivity contribution in [3.8, 4) is 0 Å². The number of hydrogen-bond acceptors (Lipinski definition) is 2. The van der Waals surface area contributed by atoms with Crippen molar-refractivity contribution in [2.75, 3.05) is 18.9 Å². The summed E-state index contributed by atoms with van der Waals surface area (Å²) in [6.45, 7) is 4.81. The van der Waals surface area contributed by atoms with Gasteiger partial charge in [0.25, 0.3) is 0 Å². The van der Waals surface area contributed by atoms with Crippen LogP contribution in [0.1, 0.15) is 24.5 Å². The van der Waals surface area contributed by atoms with E-state index in [4.69, 9.17) is 0 Å². The number of alkyl halides is 3. The van der Waals surface area contributed by atoms with Gasteiger partial charge in [-0.15, -0.1) is 0 Å². The third-order valence-corrected chi connectivity index (χ3v) is 3.81. The molecule has 1 aliphatic heterocycles. The van der Waals surface area contributed by atoms with E-state index in [9.17, 15) is 13.2 Å². The molecule has 2 atom stereocenters. The summed E-state index contributed by atoms with van der Waals surface area (Å²) < 4.78 is 38.1. The van der Waals surface area contributed by atoms with Gasteiger partial charge in [0, 0.05) is 24.3 Å². The zero-order valence-electron chi connectivity index (χ0n) is 11.4. The third-order valence-electron chi connectivity index (χ3n) is 3.81. The minimum absolute atomic E-state index is 0.210. The second kappa shape index (κ2) is 5.04. The van der Waals surface area contributed by atoms with Gasteiger partial charge in [-0.25, -0.2) is 0 Å². The van der Waals surface area contributed by atoms with Crippen LogP contribution in [0.2, 0.25) is 0 Å². The molecule has 2 nitrogen and oxygen atoms in total. The lowest BCUT2D eigenvalue weighted by atomic mass is 10.1. The van der Waals surface area contributed by atoms with E-state index >= 15 is 0 Å². The Labute approximate surface area is 111 Å². The van der Waals surface area contributed by atoms with Crippen molar-refractivity contribution in [3.63, 3.8) is 0 Å². The summed E-state index contributed by atoms with van der Waals surface area (Å²) >= 11 is 0. The van der Waals surface area contributed by atoms with E-state index in [0.717, 1.165) is 24.6 Å². The van der Waals surface area contributed by atoms with E-state index < -0.39 is 11.7 Å². The minimum Gasteiger partial charge on any atom is -0.381 e. The fourth-order valence-corrected chi connectivity index (χ4v) is 2.47. The fourth-order valence-electron chi connectivity index (χ4n) is 2.47. The van der Waals surface area contributed by atoms with Crippen LogP contribution in [0.15, 0.2) is 18.2 Å². The van der Waals surface area contributed by atoms with Gasteiger partial charge in [-0.2, -0.15) is 13.2 Å². The Hall–Kier alpha value is -1.23. The number of halogens is 3. The second-order valence-corrected chi connectivity index (χ2v) is 5.39. The maximum atomic E-state index is 12.7. The third kappa shape index (κ3) is 3.21. The highest BCUT2D eigenvalue weighted by atomic mass is 19.4. The molecule has 0 radical (unpaired) electrons. The molecule has 2 unspecified atom stereocenters. The first-order valence-corrected chi connectivity index (χ1v) is 6.42. The molecule has 1 saturated heterocycles. The number of nitrogens with one attached hydrogen (secondary N) is 1. The van der Waals surface area contributed by atoms with Gasteiger partial charge in [0.05, 0.1) is 5.56 Å². The summed E-state index contributed by atoms with van der Waals surface area (Å²) in [7, 11) is 2.03. The van der Waals surface area contributed by atoms with Gasteiger partial charge in [0.1, 0.15) is 0 Å². The van der Waals surface area contributed by atoms with Crippen LogP contribution in [-0.4, -0.2) is 30.6 Å². The van der Waals surface area contributed by atoms with Crippen molar-refractivity contribution in [2.45, 2.75) is 38.5 Å². The number of rotatable bonds is 2. The smallest absolute Gasteiger partial charge is 0.381 e. The highest BCUT2D eigenvalue weighted by molar-refractivity contribution is 5.54. The van der Waals surface area contributed by atoms with E-state index in [0.29, 0.717) is 11.7 Å². The molecule has 106 valence electrons. The number of likely N-dealkylation sites (N-methyl/N-ethyl adjacent to an activating group) is 1. The first-order chi connectivity index (χ1) is 8.77. The zero-order chi connectivity index (χ0) is 14.2. The summed E-state index contributed by atoms with van der Waals surface area (Å²) in [6.07, 6.45) is -3.34. The Bertz CT molecular complexity index is 446. The summed E-state index contributed by atoms with van der Waals surface area (Å²) in [5.41, 5.74) is 0.831. The molecule has 1 N–H and O–H groups in total. The Morgan fingerprint density at radius 2 is 2.00 bits per heavy atom. The molecular formula is C14H19F3N2. The average molecular weight is 272 g/mol. The summed E-state index contributed by atoms with van der Waals surface area (Å²) in [5.74, 6) is 0. The van der Waals surface area contributed by atoms with Crippen LogP contribution in [0.4, 0.5) is 18.9 Å². The molecule has 0 aliphatic carbocycles. The van der Waals surface area contributed by atoms with Gasteiger partial charge < -0.3 is 10.2 Å². The number of hydrogen-bond donors (Lipinski definition) is 1. The molecule has 1 heterocycles. The average Bonchev–Trinajstić information content (AvgIpc) is 2.59. The Balaban J connectivity index is 2.16. The predicted molar refractivity (Wildman–Crippen MR) is 70.3 cm³/mol. The monoisotopic (exact) mass is 272 g/mol. The van der Waals surface area contributed by atoms with Crippen LogP contribution in [0.25, 0.3) is 0 Å². The standard InChI is InChI=1S/C14H19F3N2/c1-9-4-5-11(14(15,16)17)7-13(9)18-12-6-10(2)19(3)8-12/h4-5,7,10,12,18H,6,8H2,1-3H3. The molecule has 0 aromatic heterocycles. The molecule has 1 aromatic carbocycles. The van der Waals surface area contributed by atoms with E-state index in [1.165, 1.54) is 12.1 Å². The highest BCUT2D eigenvalue weighted by Gasteiger charge is 2.31. The fraction of sp³-hybridized carbons (Fsp3) is 0.571. The van der Waals surface area contributed by atoms with Crippen molar-refractivity contribution in [1.29, 1.82) is 0 Å². The van der Waals surface area contributed by atoms with E-state index in [1.807, 2.05) is 14.0 Å². The van der Waals surface area contributed by atoms with E-state index in [1.54, 1.807) is 0 Å². The largest absolute Gasteiger partial charge is 0.416 e. The summed E-state index contributed by atoms with van der Waals surface area (Å²) in [6, 6.07) is 4.53. The molecule has 1 aromatic rings. The normalized spacial score (nSPS) is 24.7. The highest BCUT2D eigenvalue weighted by Crippen LogP contribution is 2.32. The van der Waals surface area contributed by atoms with Gasteiger partial charge in [-0.3, -0.25) is 0 Å². The van der Waals surface area contributed by atoms with Gasteiger partial charge >= 0.3 is 6.18 Å². The van der Waals surface area contributed by atoms with Crippen molar-refractivity contribution >= 4 is 5.69 Å². The number of aryl methyl sites for hydroxylation is 1. The van der Waals surface area contributed by atoms with Gasteiger partial charge in [0.15, 0.2) is 0 Å². The van der Waals surface area contributed by atoms with Crippen LogP contribution in [0.5, 0.6) is 0 Å². The topological polar surface area (TPSA) is 15.3 Å². The van der Waals surface area contributed by atoms with Gasteiger partial charge in [0.2, 0.25) is 0 Å². The van der Waals surface area contributed by atoms with E-state index in [2.05, 4.69) is 17.1 Å². The van der Waals surface area contributed by atoms with Crippen LogP contribution < -0.4 is 5.32 Å². The summed E-state index contributed by atoms with van der Waals surface area (Å²) in [4.78, 5) is 2.21. The minimum atomic E-state index is -4.29. The van der Waals surface area contributed by atoms with Gasteiger partial charge in [-0.05, 0) is 45.0 Å². The van der Waals surface area contributed by atoms with Gasteiger partial charge in [-0.1, -0.05) is 6.07 Å². The maximum Gasteiger partial charge on any atom is 0.416 e. The molecule has 0 bridgehead atoms. The van der Waals surface area contributed by atoms with Crippen LogP contribution >= 0.6 is 0 Å². The number of benzene rings is 1. The van der Waals surface area contributed by atoms with Crippen LogP contribution in [0, 0.1) is 6.92 Å². The molecule has 0 saturated carbocycles. The molecular weight excluding hydrogens is 253 g/mol. The van der Waals surface area contributed by atoms with Crippen molar-refractivity contribution in [3.05, 3.63) is 29.3 Å². The first-order valence-electron chi connectivity index (χ1n) is 6.42. The first kappa shape index (κ1) is 14.2. The lowest BCUT2D eigenvalue weighted by Gasteiger charge is -2.18. The molecule has 2 rings (SSSR count). The maximum absolute atomic E-state index is 12.7. The second-order valence-electron chi connectivity index (χ2n) is 5.39. The molecule has 1 fully saturated rings. The number of anilines is 1. The van der Waals surface area contributed by atoms with Crippen molar-refractivity contribution < 1.29 is 13.2 Å². The quantitative estimate of drug-likeness (QED) is 0.886. The van der Waals surface area contributed by atoms with Crippen molar-refractivity contribution in [2.24, 2.45) is 0 Å². The van der Waals surface area contributed by atoms with Crippen LogP contribution in [0.3, 0.4) is 0 Å². The molecule has 0 amide bonds. The number of likely N-dealkylation sites (tertiary alicyclic amines) is 1. The molecule has 1 aliphatic rings. The number of nitrogens with zero attached hydrogens (tertiary/aromatic N) is 1. The SMILES string of the molecule is Cc1ccc(C(F)(F)F)cc1NC1CC(C)N(C)C1. The molecule has 0 spiro atoms. The molecule has 5 heteroatoms. The lowest BCUT2D eigenvalue weighted by Crippen LogP contribution is -2.25. The predicted octanol–water partition coefficient (Wildman–Crippen LogP) is 3.52. The van der Waals surface area contributed by atoms with E-state index in [-0.39, 0.29) is 6.04 Å². The lowest BCUT2D eigenvalue weighted by molar-refractivity contribution is -0.137. The Morgan fingerprint density at radius 1 is 1.32 bits per heavy atom. The summed E-state index contributed by atoms with van der Waals surface area (Å²) in [5, 5.41) is 3.24. The molecule has 19 heavy (non-hydrogen) atoms. The Kier molecular flexibility index (Phi) is 3.76. The van der Waals surface area contributed by atoms with Crippen molar-refractivity contribution in [1.82, 2.24) is 4.90 Å². The van der Waals surface area contributed by atoms with Crippen LogP contribution in [-0.2, 0) is 6.18 Å². The Morgan fingerprint density at radius 3 is 2.53 bits per heavy atom.